The van der Waals surface area contributed by atoms with Crippen LogP contribution in [0.25, 0.3) is 11.3 Å². The van der Waals surface area contributed by atoms with Crippen LogP contribution in [0.15, 0.2) is 65.4 Å². The summed E-state index contributed by atoms with van der Waals surface area (Å²) in [5, 5.41) is 3.97. The minimum absolute atomic E-state index is 0.0942. The lowest BCUT2D eigenvalue weighted by molar-refractivity contribution is 0.0648. The Bertz CT molecular complexity index is 1230. The molecule has 8 heteroatoms. The number of methoxy groups -OCH3 is 1. The van der Waals surface area contributed by atoms with Crippen LogP contribution < -0.4 is 4.74 Å². The smallest absolute Gasteiger partial charge is 0.293 e. The largest absolute Gasteiger partial charge is 0.497 e. The molecular formula is C23H19FN4O3. The topological polar surface area (TPSA) is 84.2 Å². The van der Waals surface area contributed by atoms with E-state index >= 15 is 0 Å². The summed E-state index contributed by atoms with van der Waals surface area (Å²) in [7, 11) is 1.61. The number of ether oxygens (including phenoxy) is 1. The Morgan fingerprint density at radius 3 is 2.84 bits per heavy atom. The second-order valence-electron chi connectivity index (χ2n) is 7.28. The van der Waals surface area contributed by atoms with Crippen molar-refractivity contribution in [2.24, 2.45) is 0 Å². The third kappa shape index (κ3) is 3.46. The maximum absolute atomic E-state index is 13.6. The second kappa shape index (κ2) is 7.71. The van der Waals surface area contributed by atoms with E-state index in [0.717, 1.165) is 22.7 Å². The number of benzene rings is 2. The lowest BCUT2D eigenvalue weighted by Crippen LogP contribution is -2.40. The summed E-state index contributed by atoms with van der Waals surface area (Å²) in [4.78, 5) is 22.8. The quantitative estimate of drug-likeness (QED) is 0.542. The predicted octanol–water partition coefficient (Wildman–Crippen LogP) is 4.00. The Balaban J connectivity index is 1.50. The fourth-order valence-electron chi connectivity index (χ4n) is 3.92. The molecule has 31 heavy (non-hydrogen) atoms. The van der Waals surface area contributed by atoms with Gasteiger partial charge in [0, 0.05) is 30.3 Å². The van der Waals surface area contributed by atoms with E-state index in [-0.39, 0.29) is 23.5 Å². The van der Waals surface area contributed by atoms with E-state index in [1.165, 1.54) is 12.1 Å². The van der Waals surface area contributed by atoms with Crippen LogP contribution in [-0.2, 0) is 6.42 Å². The number of aromatic nitrogens is 3. The molecular weight excluding hydrogens is 399 g/mol. The molecule has 1 aliphatic rings. The van der Waals surface area contributed by atoms with Crippen LogP contribution in [0.5, 0.6) is 5.75 Å². The van der Waals surface area contributed by atoms with Gasteiger partial charge in [-0.05, 0) is 29.8 Å². The monoisotopic (exact) mass is 418 g/mol. The van der Waals surface area contributed by atoms with Gasteiger partial charge in [-0.1, -0.05) is 29.4 Å². The summed E-state index contributed by atoms with van der Waals surface area (Å²) in [5.41, 5.74) is 3.66. The number of hydrogen-bond donors (Lipinski definition) is 1. The fraction of sp³-hybridized carbons (Fsp3) is 0.174. The number of fused-ring (bicyclic) bond motifs is 1. The van der Waals surface area contributed by atoms with Crippen molar-refractivity contribution < 1.29 is 18.4 Å². The molecule has 7 nitrogen and oxygen atoms in total. The highest BCUT2D eigenvalue weighted by atomic mass is 19.1. The van der Waals surface area contributed by atoms with E-state index in [9.17, 15) is 9.18 Å². The molecule has 1 unspecified atom stereocenters. The van der Waals surface area contributed by atoms with E-state index in [1.54, 1.807) is 36.5 Å². The number of imidazole rings is 1. The summed E-state index contributed by atoms with van der Waals surface area (Å²) in [6.07, 6.45) is 2.30. The van der Waals surface area contributed by atoms with Gasteiger partial charge in [0.25, 0.3) is 5.91 Å². The molecule has 1 amide bonds. The zero-order chi connectivity index (χ0) is 21.4. The number of hydrogen-bond acceptors (Lipinski definition) is 5. The molecule has 2 aromatic heterocycles. The van der Waals surface area contributed by atoms with E-state index in [2.05, 4.69) is 15.1 Å². The van der Waals surface area contributed by atoms with Gasteiger partial charge >= 0.3 is 0 Å². The summed E-state index contributed by atoms with van der Waals surface area (Å²) in [6, 6.07) is 14.7. The molecule has 5 rings (SSSR count). The van der Waals surface area contributed by atoms with E-state index in [1.807, 2.05) is 24.3 Å². The number of rotatable bonds is 4. The second-order valence-corrected chi connectivity index (χ2v) is 7.28. The van der Waals surface area contributed by atoms with Gasteiger partial charge in [-0.3, -0.25) is 4.79 Å². The number of carbonyl (C=O) groups excluding carboxylic acids is 1. The van der Waals surface area contributed by atoms with Crippen LogP contribution >= 0.6 is 0 Å². The first kappa shape index (κ1) is 19.0. The predicted molar refractivity (Wildman–Crippen MR) is 110 cm³/mol. The number of halogens is 1. The minimum Gasteiger partial charge on any atom is -0.497 e. The van der Waals surface area contributed by atoms with Gasteiger partial charge in [0.1, 0.15) is 23.3 Å². The highest BCUT2D eigenvalue weighted by molar-refractivity contribution is 5.93. The maximum atomic E-state index is 13.6. The standard InChI is InChI=1S/C23H19FN4O3/c1-30-17-7-5-14(6-8-17)22-21-18(25-13-26-21)9-10-28(22)23(29)20-12-19(27-31-20)15-3-2-4-16(24)11-15/h2-8,11-13,22H,9-10H2,1H3,(H,25,26). The summed E-state index contributed by atoms with van der Waals surface area (Å²) in [5.74, 6) is 0.145. The van der Waals surface area contributed by atoms with Crippen molar-refractivity contribution in [2.45, 2.75) is 12.5 Å². The van der Waals surface area contributed by atoms with Gasteiger partial charge in [-0.2, -0.15) is 0 Å². The van der Waals surface area contributed by atoms with Crippen LogP contribution in [0.3, 0.4) is 0 Å². The van der Waals surface area contributed by atoms with Gasteiger partial charge < -0.3 is 19.1 Å². The van der Waals surface area contributed by atoms with Crippen molar-refractivity contribution in [1.29, 1.82) is 0 Å². The number of H-pyrrole nitrogens is 1. The van der Waals surface area contributed by atoms with Gasteiger partial charge in [-0.25, -0.2) is 9.37 Å². The van der Waals surface area contributed by atoms with Gasteiger partial charge in [-0.15, -0.1) is 0 Å². The van der Waals surface area contributed by atoms with Gasteiger partial charge in [0.05, 0.1) is 19.1 Å². The highest BCUT2D eigenvalue weighted by Gasteiger charge is 2.36. The molecule has 4 aromatic rings. The zero-order valence-electron chi connectivity index (χ0n) is 16.7. The average Bonchev–Trinajstić information content (AvgIpc) is 3.48. The first-order valence-corrected chi connectivity index (χ1v) is 9.84. The van der Waals surface area contributed by atoms with E-state index in [4.69, 9.17) is 9.26 Å². The summed E-state index contributed by atoms with van der Waals surface area (Å²) in [6.45, 7) is 0.487. The molecule has 2 aromatic carbocycles. The molecule has 0 fully saturated rings. The molecule has 1 aliphatic heterocycles. The third-order valence-corrected chi connectivity index (χ3v) is 5.46. The Morgan fingerprint density at radius 1 is 1.23 bits per heavy atom. The molecule has 0 aliphatic carbocycles. The first-order chi connectivity index (χ1) is 15.1. The number of nitrogens with one attached hydrogen (secondary N) is 1. The molecule has 0 spiro atoms. The molecule has 1 atom stereocenters. The third-order valence-electron chi connectivity index (χ3n) is 5.46. The van der Waals surface area contributed by atoms with Gasteiger partial charge in [0.2, 0.25) is 5.76 Å². The Morgan fingerprint density at radius 2 is 2.06 bits per heavy atom. The van der Waals surface area contributed by atoms with Crippen molar-refractivity contribution >= 4 is 5.91 Å². The SMILES string of the molecule is COc1ccc(C2c3nc[nH]c3CCN2C(=O)c2cc(-c3cccc(F)c3)no2)cc1. The Kier molecular flexibility index (Phi) is 4.74. The Labute approximate surface area is 177 Å². The Hall–Kier alpha value is -3.94. The van der Waals surface area contributed by atoms with Crippen molar-refractivity contribution in [3.63, 3.8) is 0 Å². The van der Waals surface area contributed by atoms with Crippen molar-refractivity contribution in [1.82, 2.24) is 20.0 Å². The van der Waals surface area contributed by atoms with Crippen LogP contribution in [0.4, 0.5) is 4.39 Å². The van der Waals surface area contributed by atoms with E-state index in [0.29, 0.717) is 24.2 Å². The minimum atomic E-state index is -0.380. The maximum Gasteiger partial charge on any atom is 0.293 e. The molecule has 0 bridgehead atoms. The van der Waals surface area contributed by atoms with Crippen LogP contribution in [0.1, 0.15) is 33.5 Å². The van der Waals surface area contributed by atoms with E-state index < -0.39 is 0 Å². The van der Waals surface area contributed by atoms with Crippen molar-refractivity contribution in [3.8, 4) is 17.0 Å². The van der Waals surface area contributed by atoms with Gasteiger partial charge in [0.15, 0.2) is 0 Å². The molecule has 156 valence electrons. The highest BCUT2D eigenvalue weighted by Crippen LogP contribution is 2.35. The molecule has 1 N–H and O–H groups in total. The zero-order valence-corrected chi connectivity index (χ0v) is 16.7. The molecule has 3 heterocycles. The molecule has 0 saturated heterocycles. The van der Waals surface area contributed by atoms with Crippen molar-refractivity contribution in [2.75, 3.05) is 13.7 Å². The number of nitrogens with zero attached hydrogens (tertiary/aromatic N) is 3. The number of carbonyl (C=O) groups is 1. The number of aromatic amines is 1. The van der Waals surface area contributed by atoms with Crippen LogP contribution in [0, 0.1) is 5.82 Å². The lowest BCUT2D eigenvalue weighted by atomic mass is 9.95. The summed E-state index contributed by atoms with van der Waals surface area (Å²) < 4.78 is 24.2. The average molecular weight is 418 g/mol. The van der Waals surface area contributed by atoms with Crippen LogP contribution in [0.2, 0.25) is 0 Å². The normalized spacial score (nSPS) is 15.5. The molecule has 0 radical (unpaired) electrons. The fourth-order valence-corrected chi connectivity index (χ4v) is 3.92. The molecule has 0 saturated carbocycles. The van der Waals surface area contributed by atoms with Crippen LogP contribution in [-0.4, -0.2) is 39.6 Å². The van der Waals surface area contributed by atoms with Crippen molar-refractivity contribution in [3.05, 3.63) is 89.5 Å². The lowest BCUT2D eigenvalue weighted by Gasteiger charge is -2.34. The first-order valence-electron chi connectivity index (χ1n) is 9.84. The summed E-state index contributed by atoms with van der Waals surface area (Å²) >= 11 is 0. The number of amides is 1.